The molecule has 4 aromatic rings. The molecule has 6 N–H and O–H groups in total. The van der Waals surface area contributed by atoms with Gasteiger partial charge in [-0.1, -0.05) is 25.4 Å². The molecule has 10 nitrogen and oxygen atoms in total. The molecule has 0 radical (unpaired) electrons. The zero-order valence-corrected chi connectivity index (χ0v) is 31.7. The first-order valence-corrected chi connectivity index (χ1v) is 17.2. The Balaban J connectivity index is 0.000000267. The maximum Gasteiger partial charge on any atom is 0.276 e. The van der Waals surface area contributed by atoms with Gasteiger partial charge in [-0.05, 0) is 130 Å². The van der Waals surface area contributed by atoms with Crippen molar-refractivity contribution in [3.05, 3.63) is 113 Å². The molecule has 0 aliphatic rings. The van der Waals surface area contributed by atoms with Crippen LogP contribution in [0.15, 0.2) is 72.8 Å². The van der Waals surface area contributed by atoms with Crippen LogP contribution in [-0.2, 0) is 9.68 Å². The van der Waals surface area contributed by atoms with Gasteiger partial charge in [0.1, 0.15) is 11.6 Å². The molecule has 49 heavy (non-hydrogen) atoms. The largest absolute Gasteiger partial charge is 0.396 e. The molecule has 0 spiro atoms. The predicted octanol–water partition coefficient (Wildman–Crippen LogP) is 7.64. The maximum atomic E-state index is 13.7. The molecule has 2 amide bonds. The average Bonchev–Trinajstić information content (AvgIpc) is 3.04. The summed E-state index contributed by atoms with van der Waals surface area (Å²) in [5.41, 5.74) is 7.38. The Morgan fingerprint density at radius 2 is 1.27 bits per heavy atom. The fraction of sp³-hybridized carbons (Fsp3) is 0.235. The Morgan fingerprint density at radius 1 is 0.755 bits per heavy atom. The molecular weight excluding hydrogens is 888 g/mol. The molecule has 0 saturated carbocycles. The molecule has 15 heteroatoms. The van der Waals surface area contributed by atoms with Crippen LogP contribution in [0.25, 0.3) is 0 Å². The van der Waals surface area contributed by atoms with Crippen molar-refractivity contribution in [3.63, 3.8) is 0 Å². The number of carbonyl (C=O) groups excluding carboxylic acids is 2. The Morgan fingerprint density at radius 3 is 1.78 bits per heavy atom. The number of aliphatic hydroxyl groups excluding tert-OH is 2. The summed E-state index contributed by atoms with van der Waals surface area (Å²) in [6.45, 7) is 5.36. The molecule has 4 aromatic carbocycles. The van der Waals surface area contributed by atoms with Crippen LogP contribution < -0.4 is 21.6 Å². The molecular formula is C34H35ClF2I2N4O6. The van der Waals surface area contributed by atoms with Crippen molar-refractivity contribution in [1.82, 2.24) is 11.0 Å². The number of benzene rings is 4. The lowest BCUT2D eigenvalue weighted by atomic mass is 9.97. The Hall–Kier alpha value is -3.13. The second-order valence-corrected chi connectivity index (χ2v) is 14.2. The van der Waals surface area contributed by atoms with E-state index < -0.39 is 28.9 Å². The van der Waals surface area contributed by atoms with E-state index in [9.17, 15) is 23.5 Å². The maximum absolute atomic E-state index is 13.7. The highest BCUT2D eigenvalue weighted by atomic mass is 127. The van der Waals surface area contributed by atoms with Gasteiger partial charge in [-0.15, -0.1) is 0 Å². The van der Waals surface area contributed by atoms with Crippen molar-refractivity contribution in [3.8, 4) is 0 Å². The SMILES string of the molecule is Cc1cc(I)ccc1Nc1cc(F)ccc1C(=O)NOCC(C)(C)CO.O=C(NOCCO)c1ccc(F)cc1Nc1ccc(I)cc1Cl. The van der Waals surface area contributed by atoms with Crippen molar-refractivity contribution in [1.29, 1.82) is 0 Å². The zero-order chi connectivity index (χ0) is 36.1. The third-order valence-electron chi connectivity index (χ3n) is 6.52. The number of aliphatic hydroxyl groups is 2. The van der Waals surface area contributed by atoms with Gasteiger partial charge in [-0.2, -0.15) is 0 Å². The standard InChI is InChI=1S/C19H22FIN2O3.C15H13ClFIN2O3/c1-12-8-14(21)5-7-16(12)22-17-9-13(20)4-6-15(17)18(25)23-26-11-19(2,3)10-24;16-12-8-10(18)2-4-13(12)19-14-7-9(17)1-3-11(14)15(22)20-23-6-5-21/h4-9,22,24H,10-11H2,1-3H3,(H,23,25);1-4,7-8,19,21H,5-6H2,(H,20,22). The van der Waals surface area contributed by atoms with Crippen LogP contribution in [0, 0.1) is 31.1 Å². The van der Waals surface area contributed by atoms with E-state index in [1.54, 1.807) is 12.1 Å². The van der Waals surface area contributed by atoms with E-state index in [1.165, 1.54) is 36.4 Å². The van der Waals surface area contributed by atoms with Gasteiger partial charge in [-0.25, -0.2) is 19.7 Å². The third kappa shape index (κ3) is 12.9. The van der Waals surface area contributed by atoms with Gasteiger partial charge in [0.25, 0.3) is 11.8 Å². The Kier molecular flexibility index (Phi) is 15.9. The Labute approximate surface area is 315 Å². The van der Waals surface area contributed by atoms with E-state index in [1.807, 2.05) is 45.0 Å². The summed E-state index contributed by atoms with van der Waals surface area (Å²) in [7, 11) is 0. The number of hydroxylamine groups is 2. The smallest absolute Gasteiger partial charge is 0.276 e. The van der Waals surface area contributed by atoms with Crippen LogP contribution in [0.4, 0.5) is 31.5 Å². The number of carbonyl (C=O) groups is 2. The van der Waals surface area contributed by atoms with Gasteiger partial charge < -0.3 is 20.8 Å². The summed E-state index contributed by atoms with van der Waals surface area (Å²) in [5.74, 6) is -2.01. The minimum Gasteiger partial charge on any atom is -0.396 e. The molecule has 0 unspecified atom stereocenters. The molecule has 0 aromatic heterocycles. The number of anilines is 4. The van der Waals surface area contributed by atoms with Gasteiger partial charge in [-0.3, -0.25) is 19.3 Å². The van der Waals surface area contributed by atoms with E-state index in [4.69, 9.17) is 26.4 Å². The topological polar surface area (TPSA) is 141 Å². The lowest BCUT2D eigenvalue weighted by Gasteiger charge is -2.21. The first-order chi connectivity index (χ1) is 23.2. The van der Waals surface area contributed by atoms with Gasteiger partial charge in [0.2, 0.25) is 0 Å². The number of hydrogen-bond acceptors (Lipinski definition) is 8. The molecule has 0 aliphatic carbocycles. The number of aryl methyl sites for hydroxylation is 1. The van der Waals surface area contributed by atoms with Crippen LogP contribution in [-0.4, -0.2) is 48.5 Å². The lowest BCUT2D eigenvalue weighted by Crippen LogP contribution is -2.32. The van der Waals surface area contributed by atoms with E-state index in [2.05, 4.69) is 66.8 Å². The Bertz CT molecular complexity index is 1770. The van der Waals surface area contributed by atoms with Crippen molar-refractivity contribution in [2.75, 3.05) is 37.1 Å². The number of nitrogens with one attached hydrogen (secondary N) is 4. The van der Waals surface area contributed by atoms with Gasteiger partial charge >= 0.3 is 0 Å². The lowest BCUT2D eigenvalue weighted by molar-refractivity contribution is -0.0197. The second kappa shape index (κ2) is 19.3. The molecule has 0 bridgehead atoms. The van der Waals surface area contributed by atoms with Crippen LogP contribution in [0.2, 0.25) is 5.02 Å². The highest BCUT2D eigenvalue weighted by molar-refractivity contribution is 14.1. The highest BCUT2D eigenvalue weighted by Gasteiger charge is 2.19. The predicted molar refractivity (Wildman–Crippen MR) is 202 cm³/mol. The number of halogens is 5. The van der Waals surface area contributed by atoms with E-state index in [0.717, 1.165) is 18.4 Å². The fourth-order valence-corrected chi connectivity index (χ4v) is 5.45. The van der Waals surface area contributed by atoms with Crippen LogP contribution in [0.5, 0.6) is 0 Å². The van der Waals surface area contributed by atoms with Crippen LogP contribution in [0.1, 0.15) is 40.1 Å². The number of rotatable bonds is 13. The average molecular weight is 923 g/mol. The summed E-state index contributed by atoms with van der Waals surface area (Å²) >= 11 is 10.5. The summed E-state index contributed by atoms with van der Waals surface area (Å²) in [6.07, 6.45) is 0. The normalized spacial score (nSPS) is 10.9. The monoisotopic (exact) mass is 922 g/mol. The van der Waals surface area contributed by atoms with Crippen molar-refractivity contribution < 1.29 is 38.3 Å². The first-order valence-electron chi connectivity index (χ1n) is 14.6. The van der Waals surface area contributed by atoms with Gasteiger partial charge in [0, 0.05) is 18.2 Å². The molecule has 0 atom stereocenters. The van der Waals surface area contributed by atoms with E-state index in [0.29, 0.717) is 16.4 Å². The first kappa shape index (κ1) is 40.3. The zero-order valence-electron chi connectivity index (χ0n) is 26.7. The minimum atomic E-state index is -0.567. The van der Waals surface area contributed by atoms with Crippen molar-refractivity contribution in [2.45, 2.75) is 20.8 Å². The molecule has 0 fully saturated rings. The summed E-state index contributed by atoms with van der Waals surface area (Å²) < 4.78 is 29.3. The second-order valence-electron chi connectivity index (χ2n) is 11.3. The van der Waals surface area contributed by atoms with Crippen molar-refractivity contribution in [2.24, 2.45) is 5.41 Å². The van der Waals surface area contributed by atoms with Gasteiger partial charge in [0.15, 0.2) is 0 Å². The molecule has 262 valence electrons. The molecule has 4 rings (SSSR count). The summed E-state index contributed by atoms with van der Waals surface area (Å²) in [6, 6.07) is 18.7. The summed E-state index contributed by atoms with van der Waals surface area (Å²) in [5, 5.41) is 24.3. The molecule has 0 aliphatic heterocycles. The number of hydrogen-bond donors (Lipinski definition) is 6. The summed E-state index contributed by atoms with van der Waals surface area (Å²) in [4.78, 5) is 34.5. The minimum absolute atomic E-state index is 0.0430. The fourth-order valence-electron chi connectivity index (χ4n) is 3.90. The van der Waals surface area contributed by atoms with Crippen LogP contribution in [0.3, 0.4) is 0 Å². The van der Waals surface area contributed by atoms with Gasteiger partial charge in [0.05, 0.1) is 59.6 Å². The van der Waals surface area contributed by atoms with Crippen LogP contribution >= 0.6 is 56.8 Å². The highest BCUT2D eigenvalue weighted by Crippen LogP contribution is 2.30. The van der Waals surface area contributed by atoms with E-state index in [-0.39, 0.29) is 43.2 Å². The molecule has 0 saturated heterocycles. The van der Waals surface area contributed by atoms with Crippen molar-refractivity contribution >= 4 is 91.3 Å². The quantitative estimate of drug-likeness (QED) is 0.0457. The molecule has 0 heterocycles. The number of amides is 2. The van der Waals surface area contributed by atoms with E-state index >= 15 is 0 Å². The third-order valence-corrected chi connectivity index (χ3v) is 8.18.